The van der Waals surface area contributed by atoms with Crippen molar-refractivity contribution in [3.63, 3.8) is 0 Å². The zero-order valence-corrected chi connectivity index (χ0v) is 21.7. The summed E-state index contributed by atoms with van der Waals surface area (Å²) in [6.07, 6.45) is 0.873. The lowest BCUT2D eigenvalue weighted by Gasteiger charge is -2.36. The first-order valence-corrected chi connectivity index (χ1v) is 11.2. The number of amides is 1. The van der Waals surface area contributed by atoms with Crippen molar-refractivity contribution in [2.45, 2.75) is 33.7 Å². The van der Waals surface area contributed by atoms with Crippen LogP contribution in [0, 0.1) is 5.92 Å². The van der Waals surface area contributed by atoms with Gasteiger partial charge in [-0.3, -0.25) is 9.79 Å². The van der Waals surface area contributed by atoms with Gasteiger partial charge in [0.1, 0.15) is 5.82 Å². The van der Waals surface area contributed by atoms with Crippen LogP contribution in [0.1, 0.15) is 32.2 Å². The number of aryl methyl sites for hydroxylation is 1. The van der Waals surface area contributed by atoms with Gasteiger partial charge in [0, 0.05) is 69.3 Å². The normalized spacial score (nSPS) is 14.4. The monoisotopic (exact) mass is 557 g/mol. The molecule has 1 aliphatic rings. The SMILES string of the molecule is CCc1nsc(N2CCN(C(=NC)NCc3ccc(NC(=O)C(C)C)cc3)CC2)n1.I. The first-order valence-electron chi connectivity index (χ1n) is 10.4. The summed E-state index contributed by atoms with van der Waals surface area (Å²) >= 11 is 1.48. The Bertz CT molecular complexity index is 861. The average Bonchev–Trinajstić information content (AvgIpc) is 3.25. The maximum atomic E-state index is 11.8. The molecule has 1 aromatic heterocycles. The summed E-state index contributed by atoms with van der Waals surface area (Å²) in [5.74, 6) is 1.82. The highest BCUT2D eigenvalue weighted by atomic mass is 127. The number of hydrogen-bond donors (Lipinski definition) is 2. The van der Waals surface area contributed by atoms with Crippen molar-refractivity contribution in [3.05, 3.63) is 35.7 Å². The van der Waals surface area contributed by atoms with Gasteiger partial charge >= 0.3 is 0 Å². The van der Waals surface area contributed by atoms with Crippen LogP contribution in [0.25, 0.3) is 0 Å². The van der Waals surface area contributed by atoms with Crippen LogP contribution in [0.2, 0.25) is 0 Å². The van der Waals surface area contributed by atoms with Crippen LogP contribution in [0.4, 0.5) is 10.8 Å². The largest absolute Gasteiger partial charge is 0.352 e. The molecule has 0 spiro atoms. The number of aromatic nitrogens is 2. The molecule has 0 unspecified atom stereocenters. The van der Waals surface area contributed by atoms with Crippen molar-refractivity contribution in [2.24, 2.45) is 10.9 Å². The Morgan fingerprint density at radius 3 is 2.42 bits per heavy atom. The number of rotatable bonds is 6. The molecule has 170 valence electrons. The molecule has 0 radical (unpaired) electrons. The quantitative estimate of drug-likeness (QED) is 0.323. The van der Waals surface area contributed by atoms with Gasteiger partial charge in [0.15, 0.2) is 5.96 Å². The second-order valence-corrected chi connectivity index (χ2v) is 8.29. The maximum absolute atomic E-state index is 11.8. The van der Waals surface area contributed by atoms with E-state index in [0.717, 1.165) is 60.8 Å². The van der Waals surface area contributed by atoms with Gasteiger partial charge in [0.05, 0.1) is 0 Å². The summed E-state index contributed by atoms with van der Waals surface area (Å²) in [6.45, 7) is 10.1. The lowest BCUT2D eigenvalue weighted by atomic mass is 10.1. The first kappa shape index (κ1) is 25.3. The Morgan fingerprint density at radius 1 is 1.19 bits per heavy atom. The highest BCUT2D eigenvalue weighted by molar-refractivity contribution is 14.0. The fourth-order valence-corrected chi connectivity index (χ4v) is 3.93. The van der Waals surface area contributed by atoms with Gasteiger partial charge in [-0.05, 0) is 17.7 Å². The van der Waals surface area contributed by atoms with E-state index in [2.05, 4.69) is 41.7 Å². The molecule has 10 heteroatoms. The van der Waals surface area contributed by atoms with Crippen molar-refractivity contribution in [1.29, 1.82) is 0 Å². The molecular weight excluding hydrogens is 525 g/mol. The molecule has 0 saturated carbocycles. The smallest absolute Gasteiger partial charge is 0.226 e. The van der Waals surface area contributed by atoms with E-state index in [1.165, 1.54) is 11.5 Å². The van der Waals surface area contributed by atoms with E-state index in [1.54, 1.807) is 0 Å². The van der Waals surface area contributed by atoms with Gasteiger partial charge in [-0.25, -0.2) is 4.98 Å². The van der Waals surface area contributed by atoms with Crippen molar-refractivity contribution in [3.8, 4) is 0 Å². The summed E-state index contributed by atoms with van der Waals surface area (Å²) in [5.41, 5.74) is 1.96. The number of anilines is 2. The molecule has 1 amide bonds. The topological polar surface area (TPSA) is 85.8 Å². The minimum absolute atomic E-state index is 0. The third-order valence-electron chi connectivity index (χ3n) is 5.03. The van der Waals surface area contributed by atoms with E-state index in [9.17, 15) is 4.79 Å². The van der Waals surface area contributed by atoms with Crippen molar-refractivity contribution in [2.75, 3.05) is 43.4 Å². The lowest BCUT2D eigenvalue weighted by Crippen LogP contribution is -2.52. The number of halogens is 1. The number of nitrogens with zero attached hydrogens (tertiary/aromatic N) is 5. The molecular formula is C21H32IN7OS. The second kappa shape index (κ2) is 12.2. The van der Waals surface area contributed by atoms with Gasteiger partial charge in [-0.15, -0.1) is 24.0 Å². The van der Waals surface area contributed by atoms with Gasteiger partial charge in [0.25, 0.3) is 0 Å². The summed E-state index contributed by atoms with van der Waals surface area (Å²) in [4.78, 5) is 25.4. The van der Waals surface area contributed by atoms with Gasteiger partial charge in [0.2, 0.25) is 11.0 Å². The van der Waals surface area contributed by atoms with Crippen LogP contribution >= 0.6 is 35.5 Å². The predicted octanol–water partition coefficient (Wildman–Crippen LogP) is 3.21. The summed E-state index contributed by atoms with van der Waals surface area (Å²) in [5, 5.41) is 7.37. The van der Waals surface area contributed by atoms with Crippen LogP contribution in [-0.2, 0) is 17.8 Å². The molecule has 8 nitrogen and oxygen atoms in total. The third-order valence-corrected chi connectivity index (χ3v) is 5.85. The van der Waals surface area contributed by atoms with Crippen LogP contribution in [0.5, 0.6) is 0 Å². The van der Waals surface area contributed by atoms with Gasteiger partial charge < -0.3 is 20.4 Å². The highest BCUT2D eigenvalue weighted by Crippen LogP contribution is 2.19. The number of aliphatic imine (C=N–C) groups is 1. The van der Waals surface area contributed by atoms with E-state index >= 15 is 0 Å². The number of piperazine rings is 1. The van der Waals surface area contributed by atoms with Gasteiger partial charge in [-0.1, -0.05) is 32.9 Å². The number of hydrogen-bond acceptors (Lipinski definition) is 6. The number of carbonyl (C=O) groups is 1. The summed E-state index contributed by atoms with van der Waals surface area (Å²) < 4.78 is 4.39. The van der Waals surface area contributed by atoms with E-state index in [-0.39, 0.29) is 35.8 Å². The van der Waals surface area contributed by atoms with Crippen LogP contribution in [0.15, 0.2) is 29.3 Å². The molecule has 1 saturated heterocycles. The summed E-state index contributed by atoms with van der Waals surface area (Å²) in [7, 11) is 1.82. The van der Waals surface area contributed by atoms with Crippen molar-refractivity contribution in [1.82, 2.24) is 19.6 Å². The Balaban J connectivity index is 0.00000341. The standard InChI is InChI=1S/C21H31N7OS.HI/c1-5-18-25-21(30-26-18)28-12-10-27(11-13-28)20(22-4)23-14-16-6-8-17(9-7-16)24-19(29)15(2)3;/h6-9,15H,5,10-14H2,1-4H3,(H,22,23)(H,24,29);1H. The van der Waals surface area contributed by atoms with Gasteiger partial charge in [-0.2, -0.15) is 4.37 Å². The molecule has 1 aromatic carbocycles. The van der Waals surface area contributed by atoms with Crippen molar-refractivity contribution < 1.29 is 4.79 Å². The fraction of sp³-hybridized carbons (Fsp3) is 0.524. The third kappa shape index (κ3) is 7.03. The second-order valence-electron chi connectivity index (χ2n) is 7.56. The molecule has 2 aromatic rings. The number of benzene rings is 1. The van der Waals surface area contributed by atoms with E-state index < -0.39 is 0 Å². The molecule has 1 aliphatic heterocycles. The van der Waals surface area contributed by atoms with E-state index in [1.807, 2.05) is 45.2 Å². The average molecular weight is 558 g/mol. The Kier molecular flexibility index (Phi) is 9.94. The number of nitrogens with one attached hydrogen (secondary N) is 2. The molecule has 31 heavy (non-hydrogen) atoms. The Hall–Kier alpha value is -1.95. The molecule has 0 atom stereocenters. The molecule has 1 fully saturated rings. The fourth-order valence-electron chi connectivity index (χ4n) is 3.13. The van der Waals surface area contributed by atoms with Crippen LogP contribution in [-0.4, -0.2) is 59.4 Å². The lowest BCUT2D eigenvalue weighted by molar-refractivity contribution is -0.118. The number of guanidine groups is 1. The van der Waals surface area contributed by atoms with Crippen molar-refractivity contribution >= 4 is 58.2 Å². The minimum atomic E-state index is -0.0318. The zero-order valence-electron chi connectivity index (χ0n) is 18.6. The van der Waals surface area contributed by atoms with Crippen LogP contribution in [0.3, 0.4) is 0 Å². The van der Waals surface area contributed by atoms with E-state index in [0.29, 0.717) is 6.54 Å². The Morgan fingerprint density at radius 2 is 1.87 bits per heavy atom. The summed E-state index contributed by atoms with van der Waals surface area (Å²) in [6, 6.07) is 7.92. The van der Waals surface area contributed by atoms with E-state index in [4.69, 9.17) is 0 Å². The minimum Gasteiger partial charge on any atom is -0.352 e. The molecule has 2 N–H and O–H groups in total. The zero-order chi connectivity index (χ0) is 21.5. The predicted molar refractivity (Wildman–Crippen MR) is 139 cm³/mol. The van der Waals surface area contributed by atoms with Crippen LogP contribution < -0.4 is 15.5 Å². The highest BCUT2D eigenvalue weighted by Gasteiger charge is 2.22. The maximum Gasteiger partial charge on any atom is 0.226 e. The first-order chi connectivity index (χ1) is 14.5. The molecule has 0 bridgehead atoms. The number of carbonyl (C=O) groups excluding carboxylic acids is 1. The molecule has 2 heterocycles. The Labute approximate surface area is 205 Å². The molecule has 3 rings (SSSR count). The molecule has 0 aliphatic carbocycles.